The molecular formula is C10H12N2O2S. The van der Waals surface area contributed by atoms with Gasteiger partial charge in [-0.25, -0.2) is 8.42 Å². The van der Waals surface area contributed by atoms with Gasteiger partial charge in [0, 0.05) is 12.7 Å². The van der Waals surface area contributed by atoms with Gasteiger partial charge in [-0.2, -0.15) is 4.72 Å². The van der Waals surface area contributed by atoms with Crippen LogP contribution in [0.15, 0.2) is 29.2 Å². The van der Waals surface area contributed by atoms with Gasteiger partial charge in [-0.05, 0) is 24.3 Å². The number of terminal acetylenes is 1. The van der Waals surface area contributed by atoms with Crippen LogP contribution in [0.5, 0.6) is 0 Å². The first kappa shape index (κ1) is 11.6. The van der Waals surface area contributed by atoms with Crippen molar-refractivity contribution in [1.29, 1.82) is 0 Å². The number of nitrogens with one attached hydrogen (secondary N) is 2. The molecule has 5 heteroatoms. The highest BCUT2D eigenvalue weighted by Crippen LogP contribution is 2.12. The number of anilines is 1. The molecule has 1 aromatic carbocycles. The van der Waals surface area contributed by atoms with Gasteiger partial charge in [0.25, 0.3) is 0 Å². The zero-order valence-electron chi connectivity index (χ0n) is 8.32. The van der Waals surface area contributed by atoms with Crippen molar-refractivity contribution >= 4 is 15.7 Å². The molecule has 0 saturated heterocycles. The zero-order valence-corrected chi connectivity index (χ0v) is 9.14. The van der Waals surface area contributed by atoms with Gasteiger partial charge in [0.05, 0.1) is 11.4 Å². The third-order valence-corrected chi connectivity index (χ3v) is 3.23. The third kappa shape index (κ3) is 2.98. The highest BCUT2D eigenvalue weighted by Gasteiger charge is 2.11. The summed E-state index contributed by atoms with van der Waals surface area (Å²) in [7, 11) is -1.70. The summed E-state index contributed by atoms with van der Waals surface area (Å²) < 4.78 is 25.4. The van der Waals surface area contributed by atoms with Crippen LogP contribution in [0.3, 0.4) is 0 Å². The fourth-order valence-electron chi connectivity index (χ4n) is 1.02. The van der Waals surface area contributed by atoms with Crippen molar-refractivity contribution in [1.82, 2.24) is 4.72 Å². The number of hydrogen-bond acceptors (Lipinski definition) is 3. The van der Waals surface area contributed by atoms with Crippen LogP contribution in [0, 0.1) is 12.3 Å². The van der Waals surface area contributed by atoms with E-state index in [0.29, 0.717) is 0 Å². The Labute approximate surface area is 89.8 Å². The number of rotatable bonds is 4. The predicted molar refractivity (Wildman–Crippen MR) is 60.0 cm³/mol. The summed E-state index contributed by atoms with van der Waals surface area (Å²) in [5.74, 6) is 2.21. The molecule has 0 bridgehead atoms. The molecule has 1 aromatic rings. The molecule has 80 valence electrons. The Kier molecular flexibility index (Phi) is 3.72. The van der Waals surface area contributed by atoms with Crippen molar-refractivity contribution in [3.05, 3.63) is 24.3 Å². The Morgan fingerprint density at radius 3 is 2.40 bits per heavy atom. The highest BCUT2D eigenvalue weighted by atomic mass is 32.2. The highest BCUT2D eigenvalue weighted by molar-refractivity contribution is 7.89. The molecule has 4 nitrogen and oxygen atoms in total. The van der Waals surface area contributed by atoms with Crippen LogP contribution in [-0.2, 0) is 10.0 Å². The Hall–Kier alpha value is -1.51. The first-order valence-electron chi connectivity index (χ1n) is 4.31. The first-order chi connectivity index (χ1) is 7.10. The third-order valence-electron chi connectivity index (χ3n) is 1.82. The number of hydrogen-bond donors (Lipinski definition) is 2. The van der Waals surface area contributed by atoms with Crippen molar-refractivity contribution in [3.63, 3.8) is 0 Å². The van der Waals surface area contributed by atoms with E-state index in [2.05, 4.69) is 16.0 Å². The molecule has 0 unspecified atom stereocenters. The van der Waals surface area contributed by atoms with Gasteiger partial charge < -0.3 is 5.32 Å². The van der Waals surface area contributed by atoms with E-state index in [0.717, 1.165) is 5.69 Å². The van der Waals surface area contributed by atoms with Gasteiger partial charge in [-0.3, -0.25) is 0 Å². The Morgan fingerprint density at radius 1 is 1.33 bits per heavy atom. The lowest BCUT2D eigenvalue weighted by molar-refractivity contribution is 0.586. The smallest absolute Gasteiger partial charge is 0.241 e. The SMILES string of the molecule is C#CCNS(=O)(=O)c1ccc(NC)cc1. The molecule has 0 aliphatic rings. The van der Waals surface area contributed by atoms with Gasteiger partial charge in [-0.1, -0.05) is 5.92 Å². The molecule has 0 aliphatic heterocycles. The second kappa shape index (κ2) is 4.82. The minimum atomic E-state index is -3.47. The lowest BCUT2D eigenvalue weighted by Gasteiger charge is -2.05. The summed E-state index contributed by atoms with van der Waals surface area (Å²) in [4.78, 5) is 0.205. The minimum Gasteiger partial charge on any atom is -0.388 e. The predicted octanol–water partition coefficient (Wildman–Crippen LogP) is 0.640. The molecule has 2 N–H and O–H groups in total. The monoisotopic (exact) mass is 224 g/mol. The molecule has 0 atom stereocenters. The maximum absolute atomic E-state index is 11.6. The molecular weight excluding hydrogens is 212 g/mol. The van der Waals surface area contributed by atoms with Crippen LogP contribution in [0.4, 0.5) is 5.69 Å². The Balaban J connectivity index is 2.92. The molecule has 0 aliphatic carbocycles. The molecule has 0 aromatic heterocycles. The van der Waals surface area contributed by atoms with Crippen molar-refractivity contribution in [2.24, 2.45) is 0 Å². The van der Waals surface area contributed by atoms with Gasteiger partial charge in [0.1, 0.15) is 0 Å². The molecule has 0 heterocycles. The van der Waals surface area contributed by atoms with Crippen molar-refractivity contribution in [3.8, 4) is 12.3 Å². The van der Waals surface area contributed by atoms with Crippen LogP contribution in [0.2, 0.25) is 0 Å². The number of sulfonamides is 1. The van der Waals surface area contributed by atoms with E-state index >= 15 is 0 Å². The fraction of sp³-hybridized carbons (Fsp3) is 0.200. The normalized spacial score (nSPS) is 10.7. The summed E-state index contributed by atoms with van der Waals surface area (Å²) >= 11 is 0. The summed E-state index contributed by atoms with van der Waals surface area (Å²) in [6.07, 6.45) is 4.97. The molecule has 1 rings (SSSR count). The molecule has 0 fully saturated rings. The van der Waals surface area contributed by atoms with E-state index < -0.39 is 10.0 Å². The molecule has 15 heavy (non-hydrogen) atoms. The fourth-order valence-corrected chi connectivity index (χ4v) is 1.96. The summed E-state index contributed by atoms with van der Waals surface area (Å²) in [6.45, 7) is -0.00386. The molecule has 0 radical (unpaired) electrons. The topological polar surface area (TPSA) is 58.2 Å². The lowest BCUT2D eigenvalue weighted by Crippen LogP contribution is -2.23. The number of benzene rings is 1. The van der Waals surface area contributed by atoms with Crippen LogP contribution in [0.25, 0.3) is 0 Å². The Morgan fingerprint density at radius 2 is 1.93 bits per heavy atom. The van der Waals surface area contributed by atoms with Gasteiger partial charge in [0.2, 0.25) is 10.0 Å². The van der Waals surface area contributed by atoms with Crippen LogP contribution >= 0.6 is 0 Å². The van der Waals surface area contributed by atoms with E-state index in [4.69, 9.17) is 6.42 Å². The van der Waals surface area contributed by atoms with Crippen molar-refractivity contribution in [2.75, 3.05) is 18.9 Å². The van der Waals surface area contributed by atoms with Crippen LogP contribution in [-0.4, -0.2) is 22.0 Å². The van der Waals surface area contributed by atoms with Crippen LogP contribution < -0.4 is 10.0 Å². The molecule has 0 spiro atoms. The standard InChI is InChI=1S/C10H12N2O2S/c1-3-8-12-15(13,14)10-6-4-9(11-2)5-7-10/h1,4-7,11-12H,8H2,2H3. The minimum absolute atomic E-state index is 0.00386. The average molecular weight is 224 g/mol. The average Bonchev–Trinajstić information content (AvgIpc) is 2.26. The van der Waals surface area contributed by atoms with E-state index in [1.807, 2.05) is 0 Å². The van der Waals surface area contributed by atoms with E-state index in [1.54, 1.807) is 19.2 Å². The van der Waals surface area contributed by atoms with Crippen molar-refractivity contribution < 1.29 is 8.42 Å². The molecule has 0 amide bonds. The second-order valence-corrected chi connectivity index (χ2v) is 4.57. The zero-order chi connectivity index (χ0) is 11.3. The van der Waals surface area contributed by atoms with Gasteiger partial charge >= 0.3 is 0 Å². The summed E-state index contributed by atoms with van der Waals surface area (Å²) in [5, 5.41) is 2.90. The quantitative estimate of drug-likeness (QED) is 0.738. The van der Waals surface area contributed by atoms with E-state index in [9.17, 15) is 8.42 Å². The first-order valence-corrected chi connectivity index (χ1v) is 5.79. The summed E-state index contributed by atoms with van der Waals surface area (Å²) in [5.41, 5.74) is 0.853. The van der Waals surface area contributed by atoms with Gasteiger partial charge in [0.15, 0.2) is 0 Å². The molecule has 0 saturated carbocycles. The summed E-state index contributed by atoms with van der Waals surface area (Å²) in [6, 6.07) is 6.41. The van der Waals surface area contributed by atoms with Crippen LogP contribution in [0.1, 0.15) is 0 Å². The van der Waals surface area contributed by atoms with E-state index in [1.165, 1.54) is 12.1 Å². The maximum Gasteiger partial charge on any atom is 0.241 e. The second-order valence-electron chi connectivity index (χ2n) is 2.80. The van der Waals surface area contributed by atoms with E-state index in [-0.39, 0.29) is 11.4 Å². The maximum atomic E-state index is 11.6. The van der Waals surface area contributed by atoms with Crippen molar-refractivity contribution in [2.45, 2.75) is 4.90 Å². The lowest BCUT2D eigenvalue weighted by atomic mass is 10.3. The Bertz CT molecular complexity index is 457. The van der Waals surface area contributed by atoms with Gasteiger partial charge in [-0.15, -0.1) is 6.42 Å². The largest absolute Gasteiger partial charge is 0.388 e.